The summed E-state index contributed by atoms with van der Waals surface area (Å²) in [6.07, 6.45) is 5.11. The van der Waals surface area contributed by atoms with Crippen LogP contribution in [0.4, 0.5) is 11.8 Å². The minimum absolute atomic E-state index is 0.0245. The van der Waals surface area contributed by atoms with Gasteiger partial charge < -0.3 is 10.6 Å². The zero-order valence-corrected chi connectivity index (χ0v) is 17.5. The van der Waals surface area contributed by atoms with E-state index < -0.39 is 0 Å². The molecular formula is C21H17Cl2N7. The second-order valence-corrected chi connectivity index (χ2v) is 7.56. The average molecular weight is 438 g/mol. The predicted octanol–water partition coefficient (Wildman–Crippen LogP) is 4.88. The van der Waals surface area contributed by atoms with Crippen LogP contribution in [-0.2, 0) is 0 Å². The number of anilines is 2. The van der Waals surface area contributed by atoms with Crippen molar-refractivity contribution in [3.8, 4) is 17.3 Å². The van der Waals surface area contributed by atoms with Crippen LogP contribution in [0.5, 0.6) is 0 Å². The van der Waals surface area contributed by atoms with Gasteiger partial charge >= 0.3 is 0 Å². The molecule has 0 amide bonds. The number of imidazole rings is 1. The Kier molecular flexibility index (Phi) is 5.70. The largest absolute Gasteiger partial charge is 0.368 e. The molecule has 0 aliphatic rings. The lowest BCUT2D eigenvalue weighted by molar-refractivity contribution is 0.811. The molecule has 30 heavy (non-hydrogen) atoms. The minimum atomic E-state index is 0.0245. The second kappa shape index (κ2) is 8.57. The Morgan fingerprint density at radius 3 is 2.77 bits per heavy atom. The van der Waals surface area contributed by atoms with Crippen LogP contribution in [-0.4, -0.2) is 31.9 Å². The van der Waals surface area contributed by atoms with Gasteiger partial charge in [-0.3, -0.25) is 4.40 Å². The SMILES string of the molecule is CC(CNc1ccc(C#N)cn1)Nc1nc(-c2ccc(Cl)cc2Cl)cc2nccn12. The number of benzene rings is 1. The van der Waals surface area contributed by atoms with Gasteiger partial charge in [0.05, 0.1) is 16.3 Å². The van der Waals surface area contributed by atoms with Gasteiger partial charge in [0.15, 0.2) is 0 Å². The van der Waals surface area contributed by atoms with Gasteiger partial charge in [-0.2, -0.15) is 5.26 Å². The van der Waals surface area contributed by atoms with E-state index in [-0.39, 0.29) is 6.04 Å². The lowest BCUT2D eigenvalue weighted by Crippen LogP contribution is -2.27. The average Bonchev–Trinajstić information content (AvgIpc) is 3.21. The Morgan fingerprint density at radius 1 is 1.17 bits per heavy atom. The number of halogens is 2. The molecule has 4 rings (SSSR count). The summed E-state index contributed by atoms with van der Waals surface area (Å²) in [7, 11) is 0. The van der Waals surface area contributed by atoms with Crippen molar-refractivity contribution in [2.75, 3.05) is 17.2 Å². The van der Waals surface area contributed by atoms with E-state index >= 15 is 0 Å². The quantitative estimate of drug-likeness (QED) is 0.446. The molecule has 0 aliphatic carbocycles. The smallest absolute Gasteiger partial charge is 0.209 e. The van der Waals surface area contributed by atoms with Gasteiger partial charge in [-0.05, 0) is 37.3 Å². The van der Waals surface area contributed by atoms with E-state index in [0.29, 0.717) is 39.6 Å². The van der Waals surface area contributed by atoms with E-state index in [1.165, 1.54) is 6.20 Å². The standard InChI is InChI=1S/C21H17Cl2N7/c1-13(11-26-19-5-2-14(10-24)12-27-19)28-21-29-18(9-20-25-6-7-30(20)21)16-4-3-15(22)8-17(16)23/h2-9,12-13H,11H2,1H3,(H,26,27)(H,28,29). The summed E-state index contributed by atoms with van der Waals surface area (Å²) in [5, 5.41) is 16.6. The third-order valence-corrected chi connectivity index (χ3v) is 5.00. The molecule has 1 unspecified atom stereocenters. The number of hydrogen-bond donors (Lipinski definition) is 2. The van der Waals surface area contributed by atoms with E-state index in [1.54, 1.807) is 30.5 Å². The van der Waals surface area contributed by atoms with E-state index in [4.69, 9.17) is 33.4 Å². The first kappa shape index (κ1) is 20.0. The molecule has 1 aromatic carbocycles. The first-order valence-electron chi connectivity index (χ1n) is 9.19. The van der Waals surface area contributed by atoms with Crippen LogP contribution in [0.15, 0.2) is 55.0 Å². The van der Waals surface area contributed by atoms with Gasteiger partial charge in [0.2, 0.25) is 5.95 Å². The molecule has 0 fully saturated rings. The highest BCUT2D eigenvalue weighted by Crippen LogP contribution is 2.30. The Labute approximate surface area is 183 Å². The number of fused-ring (bicyclic) bond motifs is 1. The number of nitriles is 1. The maximum Gasteiger partial charge on any atom is 0.209 e. The summed E-state index contributed by atoms with van der Waals surface area (Å²) in [6, 6.07) is 12.8. The second-order valence-electron chi connectivity index (χ2n) is 6.71. The highest BCUT2D eigenvalue weighted by atomic mass is 35.5. The Bertz CT molecular complexity index is 1230. The number of nitrogens with zero attached hydrogens (tertiary/aromatic N) is 5. The van der Waals surface area contributed by atoms with Gasteiger partial charge in [-0.15, -0.1) is 0 Å². The number of nitrogens with one attached hydrogen (secondary N) is 2. The fourth-order valence-electron chi connectivity index (χ4n) is 2.95. The topological polar surface area (TPSA) is 90.9 Å². The fraction of sp³-hybridized carbons (Fsp3) is 0.143. The maximum atomic E-state index is 8.87. The molecule has 0 aliphatic heterocycles. The predicted molar refractivity (Wildman–Crippen MR) is 119 cm³/mol. The molecule has 0 saturated carbocycles. The third kappa shape index (κ3) is 4.30. The van der Waals surface area contributed by atoms with E-state index in [9.17, 15) is 0 Å². The highest BCUT2D eigenvalue weighted by molar-refractivity contribution is 6.36. The maximum absolute atomic E-state index is 8.87. The Hall–Kier alpha value is -3.34. The van der Waals surface area contributed by atoms with Gasteiger partial charge in [-0.1, -0.05) is 23.2 Å². The molecule has 150 valence electrons. The molecule has 9 heteroatoms. The van der Waals surface area contributed by atoms with Crippen molar-refractivity contribution in [3.63, 3.8) is 0 Å². The molecule has 0 saturated heterocycles. The summed E-state index contributed by atoms with van der Waals surface area (Å²) < 4.78 is 1.88. The summed E-state index contributed by atoms with van der Waals surface area (Å²) in [5.41, 5.74) is 2.76. The van der Waals surface area contributed by atoms with Crippen molar-refractivity contribution in [1.29, 1.82) is 5.26 Å². The lowest BCUT2D eigenvalue weighted by Gasteiger charge is -2.17. The normalized spacial score (nSPS) is 11.8. The Morgan fingerprint density at radius 2 is 2.03 bits per heavy atom. The molecule has 4 aromatic rings. The molecule has 0 spiro atoms. The lowest BCUT2D eigenvalue weighted by atomic mass is 10.1. The van der Waals surface area contributed by atoms with Crippen LogP contribution in [0.25, 0.3) is 16.9 Å². The van der Waals surface area contributed by atoms with E-state index in [0.717, 1.165) is 11.2 Å². The zero-order valence-electron chi connectivity index (χ0n) is 16.0. The van der Waals surface area contributed by atoms with Crippen LogP contribution in [0.2, 0.25) is 10.0 Å². The van der Waals surface area contributed by atoms with Crippen LogP contribution in [0, 0.1) is 11.3 Å². The molecule has 0 bridgehead atoms. The van der Waals surface area contributed by atoms with Crippen molar-refractivity contribution in [2.45, 2.75) is 13.0 Å². The van der Waals surface area contributed by atoms with Gasteiger partial charge in [0, 0.05) is 47.8 Å². The highest BCUT2D eigenvalue weighted by Gasteiger charge is 2.13. The molecule has 3 heterocycles. The monoisotopic (exact) mass is 437 g/mol. The molecular weight excluding hydrogens is 421 g/mol. The first-order chi connectivity index (χ1) is 14.5. The number of hydrogen-bond acceptors (Lipinski definition) is 6. The number of pyridine rings is 1. The van der Waals surface area contributed by atoms with Crippen LogP contribution in [0.1, 0.15) is 12.5 Å². The Balaban J connectivity index is 1.55. The fourth-order valence-corrected chi connectivity index (χ4v) is 3.46. The van der Waals surface area contributed by atoms with Crippen molar-refractivity contribution in [2.24, 2.45) is 0 Å². The van der Waals surface area contributed by atoms with Crippen molar-refractivity contribution in [1.82, 2.24) is 19.4 Å². The van der Waals surface area contributed by atoms with E-state index in [2.05, 4.69) is 26.7 Å². The summed E-state index contributed by atoms with van der Waals surface area (Å²) in [6.45, 7) is 2.63. The molecule has 0 radical (unpaired) electrons. The minimum Gasteiger partial charge on any atom is -0.368 e. The van der Waals surface area contributed by atoms with Crippen molar-refractivity contribution >= 4 is 40.6 Å². The third-order valence-electron chi connectivity index (χ3n) is 4.45. The zero-order chi connectivity index (χ0) is 21.1. The molecule has 1 atom stereocenters. The number of aromatic nitrogens is 4. The molecule has 7 nitrogen and oxygen atoms in total. The van der Waals surface area contributed by atoms with E-state index in [1.807, 2.05) is 29.7 Å². The number of rotatable bonds is 6. The van der Waals surface area contributed by atoms with Crippen LogP contribution in [0.3, 0.4) is 0 Å². The van der Waals surface area contributed by atoms with Gasteiger partial charge in [-0.25, -0.2) is 15.0 Å². The summed E-state index contributed by atoms with van der Waals surface area (Å²) in [5.74, 6) is 1.35. The van der Waals surface area contributed by atoms with Gasteiger partial charge in [0.25, 0.3) is 0 Å². The first-order valence-corrected chi connectivity index (χ1v) is 9.95. The molecule has 3 aromatic heterocycles. The van der Waals surface area contributed by atoms with Crippen LogP contribution < -0.4 is 10.6 Å². The summed E-state index contributed by atoms with van der Waals surface area (Å²) >= 11 is 12.4. The van der Waals surface area contributed by atoms with Crippen molar-refractivity contribution in [3.05, 3.63) is 70.6 Å². The van der Waals surface area contributed by atoms with Crippen molar-refractivity contribution < 1.29 is 0 Å². The molecule has 2 N–H and O–H groups in total. The summed E-state index contributed by atoms with van der Waals surface area (Å²) in [4.78, 5) is 13.4. The van der Waals surface area contributed by atoms with Gasteiger partial charge in [0.1, 0.15) is 17.5 Å². The van der Waals surface area contributed by atoms with Crippen LogP contribution >= 0.6 is 23.2 Å².